The zero-order valence-corrected chi connectivity index (χ0v) is 15.7. The summed E-state index contributed by atoms with van der Waals surface area (Å²) in [5, 5.41) is 2.83. The second-order valence-corrected chi connectivity index (χ2v) is 8.93. The van der Waals surface area contributed by atoms with Crippen molar-refractivity contribution in [3.8, 4) is 0 Å². The Bertz CT molecular complexity index is 504. The first kappa shape index (κ1) is 17.9. The number of likely N-dealkylation sites (tertiary alicyclic amines) is 1. The lowest BCUT2D eigenvalue weighted by Crippen LogP contribution is -2.56. The molecule has 5 aliphatic rings. The quantitative estimate of drug-likeness (QED) is 0.808. The Labute approximate surface area is 156 Å². The molecule has 0 aromatic rings. The number of rotatable bonds is 5. The normalized spacial score (nSPS) is 31.5. The molecule has 5 fully saturated rings. The van der Waals surface area contributed by atoms with E-state index < -0.39 is 0 Å². The van der Waals surface area contributed by atoms with Crippen molar-refractivity contribution in [1.82, 2.24) is 10.2 Å². The van der Waals surface area contributed by atoms with Gasteiger partial charge in [0.15, 0.2) is 0 Å². The molecule has 6 heteroatoms. The van der Waals surface area contributed by atoms with Crippen LogP contribution in [0, 0.1) is 17.8 Å². The van der Waals surface area contributed by atoms with E-state index in [1.807, 2.05) is 0 Å². The van der Waals surface area contributed by atoms with Gasteiger partial charge in [-0.3, -0.25) is 0 Å². The molecule has 1 N–H and O–H groups in total. The topological polar surface area (TPSA) is 67.9 Å². The van der Waals surface area contributed by atoms with E-state index in [1.54, 1.807) is 4.90 Å². The number of nitrogens with zero attached hydrogens (tertiary/aromatic N) is 1. The molecule has 1 aliphatic heterocycles. The largest absolute Gasteiger partial charge is 0.449 e. The summed E-state index contributed by atoms with van der Waals surface area (Å²) in [6.45, 7) is 2.44. The van der Waals surface area contributed by atoms with Crippen LogP contribution >= 0.6 is 0 Å². The predicted octanol–water partition coefficient (Wildman–Crippen LogP) is 3.69. The SMILES string of the molecule is O=C(NCC1CN(C(=O)OC23CCC(CC2)CC3)C1)OCC1CCCC1. The Kier molecular flexibility index (Phi) is 5.28. The monoisotopic (exact) mass is 364 g/mol. The Morgan fingerprint density at radius 2 is 1.62 bits per heavy atom. The number of ether oxygens (including phenoxy) is 2. The van der Waals surface area contributed by atoms with Crippen LogP contribution in [0.1, 0.15) is 64.2 Å². The summed E-state index contributed by atoms with van der Waals surface area (Å²) in [6.07, 6.45) is 11.1. The molecule has 4 saturated carbocycles. The number of amides is 2. The Balaban J connectivity index is 1.10. The highest BCUT2D eigenvalue weighted by Gasteiger charge is 2.45. The first-order chi connectivity index (χ1) is 12.6. The van der Waals surface area contributed by atoms with Crippen molar-refractivity contribution in [2.24, 2.45) is 17.8 Å². The van der Waals surface area contributed by atoms with Crippen molar-refractivity contribution >= 4 is 12.2 Å². The second-order valence-electron chi connectivity index (χ2n) is 8.93. The fourth-order valence-corrected chi connectivity index (χ4v) is 5.11. The van der Waals surface area contributed by atoms with E-state index in [1.165, 1.54) is 44.9 Å². The fraction of sp³-hybridized carbons (Fsp3) is 0.900. The molecule has 0 aromatic heterocycles. The lowest BCUT2D eigenvalue weighted by molar-refractivity contribution is -0.0840. The molecular formula is C20H32N2O4. The highest BCUT2D eigenvalue weighted by molar-refractivity contribution is 5.69. The van der Waals surface area contributed by atoms with E-state index in [-0.39, 0.29) is 17.8 Å². The van der Waals surface area contributed by atoms with Gasteiger partial charge < -0.3 is 19.7 Å². The van der Waals surface area contributed by atoms with Crippen molar-refractivity contribution in [2.45, 2.75) is 69.8 Å². The lowest BCUT2D eigenvalue weighted by atomic mass is 9.68. The number of alkyl carbamates (subject to hydrolysis) is 1. The van der Waals surface area contributed by atoms with E-state index in [9.17, 15) is 9.59 Å². The minimum absolute atomic E-state index is 0.162. The smallest absolute Gasteiger partial charge is 0.410 e. The Morgan fingerprint density at radius 1 is 0.962 bits per heavy atom. The van der Waals surface area contributed by atoms with E-state index in [2.05, 4.69) is 5.32 Å². The van der Waals surface area contributed by atoms with Gasteiger partial charge in [0.2, 0.25) is 0 Å². The molecule has 0 spiro atoms. The molecule has 2 bridgehead atoms. The van der Waals surface area contributed by atoms with Gasteiger partial charge in [-0.05, 0) is 63.2 Å². The van der Waals surface area contributed by atoms with Crippen LogP contribution in [0.2, 0.25) is 0 Å². The van der Waals surface area contributed by atoms with Gasteiger partial charge in [0.1, 0.15) is 5.60 Å². The predicted molar refractivity (Wildman–Crippen MR) is 96.8 cm³/mol. The summed E-state index contributed by atoms with van der Waals surface area (Å²) in [5.41, 5.74) is -0.181. The molecule has 2 amide bonds. The summed E-state index contributed by atoms with van der Waals surface area (Å²) in [7, 11) is 0. The molecule has 0 atom stereocenters. The molecule has 26 heavy (non-hydrogen) atoms. The maximum atomic E-state index is 12.4. The van der Waals surface area contributed by atoms with Gasteiger partial charge in [-0.2, -0.15) is 0 Å². The number of fused-ring (bicyclic) bond motifs is 3. The molecule has 0 aromatic carbocycles. The van der Waals surface area contributed by atoms with Gasteiger partial charge >= 0.3 is 12.2 Å². The molecular weight excluding hydrogens is 332 g/mol. The highest BCUT2D eigenvalue weighted by atomic mass is 16.6. The van der Waals surface area contributed by atoms with Crippen LogP contribution in [0.15, 0.2) is 0 Å². The van der Waals surface area contributed by atoms with Crippen molar-refractivity contribution in [3.05, 3.63) is 0 Å². The number of carbonyl (C=O) groups is 2. The number of nitrogens with one attached hydrogen (secondary N) is 1. The zero-order valence-electron chi connectivity index (χ0n) is 15.7. The Morgan fingerprint density at radius 3 is 2.27 bits per heavy atom. The number of carbonyl (C=O) groups excluding carboxylic acids is 2. The van der Waals surface area contributed by atoms with E-state index >= 15 is 0 Å². The standard InChI is InChI=1S/C20H32N2O4/c23-18(25-14-16-3-1-2-4-16)21-11-17-12-22(13-17)19(24)26-20-8-5-15(6-9-20)7-10-20/h15-17H,1-14H2,(H,21,23). The van der Waals surface area contributed by atoms with Gasteiger partial charge in [0.25, 0.3) is 0 Å². The van der Waals surface area contributed by atoms with Gasteiger partial charge in [-0.1, -0.05) is 12.8 Å². The third-order valence-electron chi connectivity index (χ3n) is 7.00. The first-order valence-corrected chi connectivity index (χ1v) is 10.5. The highest BCUT2D eigenvalue weighted by Crippen LogP contribution is 2.46. The molecule has 5 rings (SSSR count). The van der Waals surface area contributed by atoms with Crippen LogP contribution in [0.25, 0.3) is 0 Å². The summed E-state index contributed by atoms with van der Waals surface area (Å²) in [4.78, 5) is 25.9. The third-order valence-corrected chi connectivity index (χ3v) is 7.00. The zero-order chi connectivity index (χ0) is 18.0. The third kappa shape index (κ3) is 4.09. The molecule has 0 unspecified atom stereocenters. The van der Waals surface area contributed by atoms with Crippen molar-refractivity contribution in [2.75, 3.05) is 26.2 Å². The van der Waals surface area contributed by atoms with Crippen LogP contribution in [0.5, 0.6) is 0 Å². The maximum Gasteiger partial charge on any atom is 0.410 e. The summed E-state index contributed by atoms with van der Waals surface area (Å²) in [6, 6.07) is 0. The molecule has 6 nitrogen and oxygen atoms in total. The van der Waals surface area contributed by atoms with Gasteiger partial charge in [-0.15, -0.1) is 0 Å². The van der Waals surface area contributed by atoms with Crippen LogP contribution in [-0.2, 0) is 9.47 Å². The second kappa shape index (κ2) is 7.65. The maximum absolute atomic E-state index is 12.4. The van der Waals surface area contributed by atoms with E-state index in [0.717, 1.165) is 25.2 Å². The van der Waals surface area contributed by atoms with Crippen molar-refractivity contribution in [1.29, 1.82) is 0 Å². The lowest BCUT2D eigenvalue weighted by Gasteiger charge is -2.47. The first-order valence-electron chi connectivity index (χ1n) is 10.5. The number of hydrogen-bond donors (Lipinski definition) is 1. The van der Waals surface area contributed by atoms with Gasteiger partial charge in [0, 0.05) is 25.6 Å². The van der Waals surface area contributed by atoms with E-state index in [0.29, 0.717) is 38.1 Å². The molecule has 4 aliphatic carbocycles. The fourth-order valence-electron chi connectivity index (χ4n) is 5.11. The average Bonchev–Trinajstić information content (AvgIpc) is 3.13. The summed E-state index contributed by atoms with van der Waals surface area (Å²) in [5.74, 6) is 1.72. The van der Waals surface area contributed by atoms with Crippen molar-refractivity contribution in [3.63, 3.8) is 0 Å². The summed E-state index contributed by atoms with van der Waals surface area (Å²) >= 11 is 0. The molecule has 1 saturated heterocycles. The molecule has 0 radical (unpaired) electrons. The minimum atomic E-state index is -0.323. The summed E-state index contributed by atoms with van der Waals surface area (Å²) < 4.78 is 11.2. The van der Waals surface area contributed by atoms with Crippen LogP contribution in [0.3, 0.4) is 0 Å². The number of hydrogen-bond acceptors (Lipinski definition) is 4. The van der Waals surface area contributed by atoms with Crippen LogP contribution in [-0.4, -0.2) is 48.9 Å². The molecule has 1 heterocycles. The van der Waals surface area contributed by atoms with Crippen molar-refractivity contribution < 1.29 is 19.1 Å². The molecule has 146 valence electrons. The van der Waals surface area contributed by atoms with Gasteiger partial charge in [0.05, 0.1) is 6.61 Å². The van der Waals surface area contributed by atoms with Gasteiger partial charge in [-0.25, -0.2) is 9.59 Å². The van der Waals surface area contributed by atoms with Crippen LogP contribution < -0.4 is 5.32 Å². The minimum Gasteiger partial charge on any atom is -0.449 e. The van der Waals surface area contributed by atoms with E-state index in [4.69, 9.17) is 9.47 Å². The Hall–Kier alpha value is -1.46. The average molecular weight is 364 g/mol. The van der Waals surface area contributed by atoms with Crippen LogP contribution in [0.4, 0.5) is 9.59 Å².